The van der Waals surface area contributed by atoms with Crippen LogP contribution in [0.5, 0.6) is 5.75 Å². The van der Waals surface area contributed by atoms with Crippen molar-refractivity contribution in [2.75, 3.05) is 0 Å². The molecule has 0 atom stereocenters. The van der Waals surface area contributed by atoms with Gasteiger partial charge in [-0.3, -0.25) is 0 Å². The Balaban J connectivity index is 2.09. The molecule has 0 unspecified atom stereocenters. The Morgan fingerprint density at radius 2 is 1.90 bits per heavy atom. The van der Waals surface area contributed by atoms with E-state index in [1.165, 1.54) is 18.2 Å². The number of rotatable bonds is 5. The van der Waals surface area contributed by atoms with Crippen molar-refractivity contribution in [1.29, 1.82) is 0 Å². The van der Waals surface area contributed by atoms with E-state index in [0.717, 1.165) is 6.42 Å². The molecular formula is C16H15ClF2O. The van der Waals surface area contributed by atoms with Crippen molar-refractivity contribution in [1.82, 2.24) is 0 Å². The lowest BCUT2D eigenvalue weighted by Gasteiger charge is -2.10. The second-order valence-corrected chi connectivity index (χ2v) is 4.90. The molecule has 0 spiro atoms. The first kappa shape index (κ1) is 14.8. The molecule has 0 amide bonds. The van der Waals surface area contributed by atoms with E-state index in [9.17, 15) is 8.78 Å². The van der Waals surface area contributed by atoms with Crippen molar-refractivity contribution >= 4 is 11.6 Å². The van der Waals surface area contributed by atoms with Crippen LogP contribution in [0.2, 0.25) is 5.02 Å². The number of benzene rings is 2. The maximum atomic E-state index is 13.7. The fraction of sp³-hybridized carbons (Fsp3) is 0.250. The molecule has 0 bridgehead atoms. The second kappa shape index (κ2) is 6.71. The van der Waals surface area contributed by atoms with Gasteiger partial charge in [0, 0.05) is 11.6 Å². The van der Waals surface area contributed by atoms with Crippen LogP contribution in [0.3, 0.4) is 0 Å². The fourth-order valence-electron chi connectivity index (χ4n) is 1.92. The van der Waals surface area contributed by atoms with Crippen LogP contribution in [0.25, 0.3) is 0 Å². The lowest BCUT2D eigenvalue weighted by molar-refractivity contribution is 0.298. The Morgan fingerprint density at radius 1 is 1.10 bits per heavy atom. The molecule has 0 saturated carbocycles. The molecular weight excluding hydrogens is 282 g/mol. The zero-order valence-electron chi connectivity index (χ0n) is 11.1. The monoisotopic (exact) mass is 296 g/mol. The number of aryl methyl sites for hydroxylation is 1. The van der Waals surface area contributed by atoms with Gasteiger partial charge in [0.05, 0.1) is 5.02 Å². The van der Waals surface area contributed by atoms with E-state index >= 15 is 0 Å². The molecule has 1 nitrogen and oxygen atoms in total. The highest BCUT2D eigenvalue weighted by Gasteiger charge is 2.09. The Labute approximate surface area is 122 Å². The number of hydrogen-bond acceptors (Lipinski definition) is 1. The van der Waals surface area contributed by atoms with Crippen LogP contribution in [0.4, 0.5) is 8.78 Å². The minimum atomic E-state index is -0.430. The van der Waals surface area contributed by atoms with Crippen LogP contribution >= 0.6 is 11.6 Å². The molecule has 0 aliphatic rings. The number of ether oxygens (including phenoxy) is 1. The summed E-state index contributed by atoms with van der Waals surface area (Å²) in [6.45, 7) is 1.96. The second-order valence-electron chi connectivity index (χ2n) is 4.49. The summed E-state index contributed by atoms with van der Waals surface area (Å²) in [4.78, 5) is 0. The topological polar surface area (TPSA) is 9.23 Å². The highest BCUT2D eigenvalue weighted by Crippen LogP contribution is 2.23. The van der Waals surface area contributed by atoms with E-state index in [1.807, 2.05) is 6.92 Å². The lowest BCUT2D eigenvalue weighted by Crippen LogP contribution is -2.00. The van der Waals surface area contributed by atoms with E-state index in [0.29, 0.717) is 22.8 Å². The van der Waals surface area contributed by atoms with Crippen LogP contribution in [-0.2, 0) is 13.0 Å². The Morgan fingerprint density at radius 3 is 2.55 bits per heavy atom. The summed E-state index contributed by atoms with van der Waals surface area (Å²) in [7, 11) is 0. The Kier molecular flexibility index (Phi) is 4.96. The summed E-state index contributed by atoms with van der Waals surface area (Å²) in [6.07, 6.45) is 1.56. The zero-order valence-corrected chi connectivity index (χ0v) is 11.9. The molecule has 0 aliphatic carbocycles. The van der Waals surface area contributed by atoms with E-state index < -0.39 is 5.82 Å². The molecule has 20 heavy (non-hydrogen) atoms. The summed E-state index contributed by atoms with van der Waals surface area (Å²) in [5.74, 6) is -0.369. The minimum Gasteiger partial charge on any atom is -0.489 e. The van der Waals surface area contributed by atoms with Gasteiger partial charge in [0.15, 0.2) is 0 Å². The summed E-state index contributed by atoms with van der Waals surface area (Å²) < 4.78 is 32.7. The first-order valence-corrected chi connectivity index (χ1v) is 6.83. The highest BCUT2D eigenvalue weighted by atomic mass is 35.5. The van der Waals surface area contributed by atoms with Crippen molar-refractivity contribution in [3.8, 4) is 5.75 Å². The van der Waals surface area contributed by atoms with Crippen molar-refractivity contribution in [3.05, 3.63) is 64.2 Å². The van der Waals surface area contributed by atoms with Gasteiger partial charge in [-0.15, -0.1) is 0 Å². The molecule has 0 aromatic heterocycles. The van der Waals surface area contributed by atoms with Gasteiger partial charge in [0.2, 0.25) is 0 Å². The van der Waals surface area contributed by atoms with Gasteiger partial charge >= 0.3 is 0 Å². The Hall–Kier alpha value is -1.61. The van der Waals surface area contributed by atoms with Crippen LogP contribution < -0.4 is 4.74 Å². The highest BCUT2D eigenvalue weighted by molar-refractivity contribution is 6.31. The van der Waals surface area contributed by atoms with E-state index in [2.05, 4.69) is 0 Å². The maximum absolute atomic E-state index is 13.7. The minimum absolute atomic E-state index is 0.0297. The molecule has 0 aliphatic heterocycles. The van der Waals surface area contributed by atoms with Crippen LogP contribution in [-0.4, -0.2) is 0 Å². The van der Waals surface area contributed by atoms with Crippen molar-refractivity contribution in [3.63, 3.8) is 0 Å². The van der Waals surface area contributed by atoms with E-state index in [4.69, 9.17) is 16.3 Å². The van der Waals surface area contributed by atoms with Crippen LogP contribution in [0, 0.1) is 11.6 Å². The molecule has 0 N–H and O–H groups in total. The fourth-order valence-corrected chi connectivity index (χ4v) is 2.13. The third-order valence-corrected chi connectivity index (χ3v) is 3.34. The van der Waals surface area contributed by atoms with Crippen molar-refractivity contribution in [2.45, 2.75) is 26.4 Å². The first-order chi connectivity index (χ1) is 9.61. The predicted molar refractivity (Wildman–Crippen MR) is 76.1 cm³/mol. The quantitative estimate of drug-likeness (QED) is 0.741. The number of hydrogen-bond donors (Lipinski definition) is 0. The Bertz CT molecular complexity index is 579. The average molecular weight is 297 g/mol. The molecule has 0 saturated heterocycles. The van der Waals surface area contributed by atoms with Gasteiger partial charge in [-0.05, 0) is 30.2 Å². The normalized spacial score (nSPS) is 10.6. The lowest BCUT2D eigenvalue weighted by atomic mass is 10.1. The molecule has 106 valence electrons. The van der Waals surface area contributed by atoms with Gasteiger partial charge < -0.3 is 4.74 Å². The van der Waals surface area contributed by atoms with Gasteiger partial charge in [0.25, 0.3) is 0 Å². The average Bonchev–Trinajstić information content (AvgIpc) is 2.41. The van der Waals surface area contributed by atoms with Crippen molar-refractivity contribution < 1.29 is 13.5 Å². The van der Waals surface area contributed by atoms with E-state index in [1.54, 1.807) is 18.2 Å². The van der Waals surface area contributed by atoms with Crippen LogP contribution in [0.15, 0.2) is 36.4 Å². The molecule has 0 heterocycles. The summed E-state index contributed by atoms with van der Waals surface area (Å²) in [6, 6.07) is 9.13. The first-order valence-electron chi connectivity index (χ1n) is 6.46. The summed E-state index contributed by atoms with van der Waals surface area (Å²) in [5, 5.41) is 0.299. The van der Waals surface area contributed by atoms with Gasteiger partial charge in [0.1, 0.15) is 24.0 Å². The predicted octanol–water partition coefficient (Wildman–Crippen LogP) is 5.15. The molecule has 0 fully saturated rings. The van der Waals surface area contributed by atoms with Crippen molar-refractivity contribution in [2.24, 2.45) is 0 Å². The van der Waals surface area contributed by atoms with Gasteiger partial charge in [-0.25, -0.2) is 8.78 Å². The molecule has 4 heteroatoms. The molecule has 0 radical (unpaired) electrons. The third-order valence-electron chi connectivity index (χ3n) is 2.99. The van der Waals surface area contributed by atoms with Gasteiger partial charge in [-0.2, -0.15) is 0 Å². The number of halogens is 3. The summed E-state index contributed by atoms with van der Waals surface area (Å²) in [5.41, 5.74) is 0.927. The van der Waals surface area contributed by atoms with Gasteiger partial charge in [-0.1, -0.05) is 37.1 Å². The third kappa shape index (κ3) is 3.48. The molecule has 2 rings (SSSR count). The molecule has 2 aromatic carbocycles. The SMILES string of the molecule is CCCc1ccc(OCc2c(F)cccc2Cl)cc1F. The van der Waals surface area contributed by atoms with Crippen LogP contribution in [0.1, 0.15) is 24.5 Å². The maximum Gasteiger partial charge on any atom is 0.131 e. The summed E-state index contributed by atoms with van der Waals surface area (Å²) >= 11 is 5.90. The standard InChI is InChI=1S/C16H15ClF2O/c1-2-4-11-7-8-12(9-16(11)19)20-10-13-14(17)5-3-6-15(13)18/h3,5-9H,2,4,10H2,1H3. The largest absolute Gasteiger partial charge is 0.489 e. The molecule has 2 aromatic rings. The smallest absolute Gasteiger partial charge is 0.131 e. The zero-order chi connectivity index (χ0) is 14.5. The van der Waals surface area contributed by atoms with E-state index in [-0.39, 0.29) is 18.0 Å².